The topological polar surface area (TPSA) is 81.5 Å². The van der Waals surface area contributed by atoms with E-state index in [1.54, 1.807) is 30.3 Å². The van der Waals surface area contributed by atoms with Gasteiger partial charge < -0.3 is 4.74 Å². The van der Waals surface area contributed by atoms with Crippen LogP contribution in [0.15, 0.2) is 30.3 Å². The third kappa shape index (κ3) is 2.97. The molecule has 1 aromatic rings. The number of nitro groups is 1. The monoisotopic (exact) mass is 242 g/mol. The van der Waals surface area contributed by atoms with Crippen LogP contribution in [-0.2, 0) is 16.1 Å². The minimum Gasteiger partial charge on any atom is -0.460 e. The van der Waals surface area contributed by atoms with Crippen LogP contribution in [0, 0.1) is 10.1 Å². The Labute approximate surface area is 96.5 Å². The van der Waals surface area contributed by atoms with Gasteiger partial charge in [-0.3, -0.25) is 10.1 Å². The molecule has 1 N–H and O–H groups in total. The molecule has 0 aliphatic rings. The van der Waals surface area contributed by atoms with E-state index in [0.29, 0.717) is 5.56 Å². The summed E-state index contributed by atoms with van der Waals surface area (Å²) in [6, 6.07) is 8.43. The van der Waals surface area contributed by atoms with E-state index < -0.39 is 16.8 Å². The van der Waals surface area contributed by atoms with Crippen molar-refractivity contribution in [2.75, 3.05) is 7.11 Å². The largest absolute Gasteiger partial charge is 0.518 e. The van der Waals surface area contributed by atoms with Crippen molar-refractivity contribution in [3.05, 3.63) is 46.0 Å². The van der Waals surface area contributed by atoms with Gasteiger partial charge >= 0.3 is 11.9 Å². The lowest BCUT2D eigenvalue weighted by molar-refractivity contribution is -0.597. The number of benzene rings is 1. The van der Waals surface area contributed by atoms with Gasteiger partial charge in [0.05, 0.1) is 12.0 Å². The Kier molecular flexibility index (Phi) is 4.11. The lowest BCUT2D eigenvalue weighted by Crippen LogP contribution is -2.54. The van der Waals surface area contributed by atoms with Crippen molar-refractivity contribution in [1.82, 2.24) is 5.32 Å². The average Bonchev–Trinajstić information content (AvgIpc) is 2.35. The van der Waals surface area contributed by atoms with Crippen LogP contribution >= 0.6 is 0 Å². The quantitative estimate of drug-likeness (QED) is 0.272. The highest BCUT2D eigenvalue weighted by molar-refractivity contribution is 5.76. The van der Waals surface area contributed by atoms with E-state index in [1.807, 2.05) is 5.32 Å². The number of ether oxygens (including phenoxy) is 1. The fourth-order valence-corrected chi connectivity index (χ4v) is 1.16. The smallest absolute Gasteiger partial charge is 0.460 e. The normalized spacial score (nSPS) is 13.8. The number of halogens is 1. The minimum absolute atomic E-state index is 0.159. The Morgan fingerprint density at radius 1 is 1.53 bits per heavy atom. The molecule has 0 heterocycles. The highest BCUT2D eigenvalue weighted by Crippen LogP contribution is 2.11. The molecule has 0 fully saturated rings. The summed E-state index contributed by atoms with van der Waals surface area (Å²) in [4.78, 5) is 20.1. The number of rotatable bonds is 5. The van der Waals surface area contributed by atoms with Gasteiger partial charge in [0.25, 0.3) is 0 Å². The summed E-state index contributed by atoms with van der Waals surface area (Å²) in [6.07, 6.45) is 0. The van der Waals surface area contributed by atoms with Crippen molar-refractivity contribution in [3.8, 4) is 0 Å². The number of methoxy groups -OCH3 is 1. The van der Waals surface area contributed by atoms with Crippen molar-refractivity contribution in [2.45, 2.75) is 12.5 Å². The van der Waals surface area contributed by atoms with E-state index in [1.165, 1.54) is 0 Å². The number of hydrogen-bond acceptors (Lipinski definition) is 5. The van der Waals surface area contributed by atoms with Crippen molar-refractivity contribution in [3.63, 3.8) is 0 Å². The van der Waals surface area contributed by atoms with E-state index in [9.17, 15) is 19.3 Å². The van der Waals surface area contributed by atoms with Crippen LogP contribution in [0.4, 0.5) is 4.39 Å². The van der Waals surface area contributed by atoms with Crippen LogP contribution in [0.1, 0.15) is 5.56 Å². The van der Waals surface area contributed by atoms with Crippen LogP contribution in [-0.4, -0.2) is 23.9 Å². The van der Waals surface area contributed by atoms with Crippen molar-refractivity contribution >= 4 is 5.97 Å². The van der Waals surface area contributed by atoms with E-state index in [-0.39, 0.29) is 6.54 Å². The van der Waals surface area contributed by atoms with Crippen LogP contribution in [0.5, 0.6) is 0 Å². The second-order valence-corrected chi connectivity index (χ2v) is 3.21. The zero-order chi connectivity index (χ0) is 12.9. The summed E-state index contributed by atoms with van der Waals surface area (Å²) >= 11 is 0. The highest BCUT2D eigenvalue weighted by Gasteiger charge is 2.53. The third-order valence-corrected chi connectivity index (χ3v) is 2.08. The zero-order valence-corrected chi connectivity index (χ0v) is 9.05. The Balaban J connectivity index is 2.76. The first kappa shape index (κ1) is 13.0. The fourth-order valence-electron chi connectivity index (χ4n) is 1.16. The summed E-state index contributed by atoms with van der Waals surface area (Å²) in [5.74, 6) is -5.01. The molecule has 1 unspecified atom stereocenters. The minimum atomic E-state index is -3.43. The van der Waals surface area contributed by atoms with Gasteiger partial charge in [-0.2, -0.15) is 0 Å². The van der Waals surface area contributed by atoms with Crippen molar-refractivity contribution in [1.29, 1.82) is 0 Å². The van der Waals surface area contributed by atoms with Gasteiger partial charge in [-0.15, -0.1) is 4.39 Å². The molecule has 0 amide bonds. The first-order valence-corrected chi connectivity index (χ1v) is 4.71. The van der Waals surface area contributed by atoms with Crippen LogP contribution in [0.3, 0.4) is 0 Å². The maximum atomic E-state index is 13.7. The predicted octanol–water partition coefficient (Wildman–Crippen LogP) is 0.849. The highest BCUT2D eigenvalue weighted by atomic mass is 19.2. The van der Waals surface area contributed by atoms with Gasteiger partial charge in [-0.05, 0) is 5.56 Å². The lowest BCUT2D eigenvalue weighted by atomic mass is 10.2. The van der Waals surface area contributed by atoms with E-state index in [2.05, 4.69) is 4.74 Å². The van der Waals surface area contributed by atoms with Crippen LogP contribution in [0.25, 0.3) is 0 Å². The maximum absolute atomic E-state index is 13.7. The molecule has 0 spiro atoms. The molecule has 1 aromatic carbocycles. The van der Waals surface area contributed by atoms with Gasteiger partial charge in [-0.1, -0.05) is 30.3 Å². The number of nitrogens with zero attached hydrogens (tertiary/aromatic N) is 1. The van der Waals surface area contributed by atoms with E-state index in [0.717, 1.165) is 7.11 Å². The standard InChI is InChI=1S/C10H11FN2O4/c1-17-9(14)10(11,13(15)16)12-7-8-5-3-2-4-6-8/h2-6,12H,7H2,1H3. The summed E-state index contributed by atoms with van der Waals surface area (Å²) in [6.45, 7) is -0.159. The van der Waals surface area contributed by atoms with E-state index >= 15 is 0 Å². The molecule has 0 aromatic heterocycles. The Morgan fingerprint density at radius 3 is 2.59 bits per heavy atom. The summed E-state index contributed by atoms with van der Waals surface area (Å²) < 4.78 is 17.8. The van der Waals surface area contributed by atoms with Crippen molar-refractivity contribution in [2.24, 2.45) is 0 Å². The number of carbonyl (C=O) groups is 1. The lowest BCUT2D eigenvalue weighted by Gasteiger charge is -2.15. The molecule has 0 aliphatic carbocycles. The van der Waals surface area contributed by atoms with Gasteiger partial charge in [0.15, 0.2) is 0 Å². The molecule has 17 heavy (non-hydrogen) atoms. The Morgan fingerprint density at radius 2 is 2.12 bits per heavy atom. The van der Waals surface area contributed by atoms with E-state index in [4.69, 9.17) is 0 Å². The van der Waals surface area contributed by atoms with Gasteiger partial charge in [0.2, 0.25) is 0 Å². The van der Waals surface area contributed by atoms with Crippen molar-refractivity contribution < 1.29 is 18.8 Å². The average molecular weight is 242 g/mol. The molecular formula is C10H11FN2O4. The van der Waals surface area contributed by atoms with Gasteiger partial charge in [0.1, 0.15) is 0 Å². The molecule has 0 saturated carbocycles. The summed E-state index contributed by atoms with van der Waals surface area (Å²) in [7, 11) is 0.879. The number of hydrogen-bond donors (Lipinski definition) is 1. The first-order valence-electron chi connectivity index (χ1n) is 4.71. The number of nitrogens with one attached hydrogen (secondary N) is 1. The molecule has 0 radical (unpaired) electrons. The Bertz CT molecular complexity index is 412. The zero-order valence-electron chi connectivity index (χ0n) is 9.05. The molecule has 6 nitrogen and oxygen atoms in total. The molecule has 1 atom stereocenters. The molecule has 92 valence electrons. The van der Waals surface area contributed by atoms with Crippen LogP contribution in [0.2, 0.25) is 0 Å². The second kappa shape index (κ2) is 5.35. The predicted molar refractivity (Wildman–Crippen MR) is 56.1 cm³/mol. The SMILES string of the molecule is COC(=O)C(F)(NCc1ccccc1)[N+](=O)[O-]. The van der Waals surface area contributed by atoms with Gasteiger partial charge in [0, 0.05) is 6.54 Å². The second-order valence-electron chi connectivity index (χ2n) is 3.21. The summed E-state index contributed by atoms with van der Waals surface area (Å²) in [5.41, 5.74) is 0.611. The molecule has 1 rings (SSSR count). The molecule has 0 bridgehead atoms. The molecular weight excluding hydrogens is 231 g/mol. The fraction of sp³-hybridized carbons (Fsp3) is 0.300. The Hall–Kier alpha value is -2.02. The van der Waals surface area contributed by atoms with Crippen LogP contribution < -0.4 is 5.32 Å². The van der Waals surface area contributed by atoms with Gasteiger partial charge in [-0.25, -0.2) is 10.1 Å². The molecule has 0 aliphatic heterocycles. The maximum Gasteiger partial charge on any atom is 0.518 e. The molecule has 7 heteroatoms. The molecule has 0 saturated heterocycles. The number of alkyl halides is 1. The third-order valence-electron chi connectivity index (χ3n) is 2.08. The number of carbonyl (C=O) groups excluding carboxylic acids is 1. The first-order chi connectivity index (χ1) is 8.00. The number of esters is 1. The summed E-state index contributed by atoms with van der Waals surface area (Å²) in [5, 5.41) is 12.4.